The summed E-state index contributed by atoms with van der Waals surface area (Å²) in [5.74, 6) is 0.474. The third-order valence-corrected chi connectivity index (χ3v) is 3.85. The van der Waals surface area contributed by atoms with Gasteiger partial charge in [0.05, 0.1) is 12.0 Å². The molecule has 2 atom stereocenters. The van der Waals surface area contributed by atoms with Crippen molar-refractivity contribution in [3.63, 3.8) is 0 Å². The first-order valence-corrected chi connectivity index (χ1v) is 6.40. The first kappa shape index (κ1) is 11.0. The first-order chi connectivity index (χ1) is 7.31. The highest BCUT2D eigenvalue weighted by molar-refractivity contribution is 6.21. The Hall–Kier alpha value is -0.500. The molecule has 0 saturated heterocycles. The van der Waals surface area contributed by atoms with Crippen LogP contribution in [0.2, 0.25) is 0 Å². The van der Waals surface area contributed by atoms with E-state index < -0.39 is 0 Å². The Morgan fingerprint density at radius 3 is 2.93 bits per heavy atom. The fraction of sp³-hybridized carbons (Fsp3) is 0.750. The van der Waals surface area contributed by atoms with Crippen molar-refractivity contribution in [2.75, 3.05) is 0 Å². The second-order valence-electron chi connectivity index (χ2n) is 4.39. The van der Waals surface area contributed by atoms with Crippen molar-refractivity contribution in [2.45, 2.75) is 56.9 Å². The van der Waals surface area contributed by atoms with E-state index in [1.54, 1.807) is 0 Å². The molecule has 0 aliphatic heterocycles. The van der Waals surface area contributed by atoms with E-state index in [0.717, 1.165) is 13.0 Å². The Kier molecular flexibility index (Phi) is 3.68. The first-order valence-electron chi connectivity index (χ1n) is 5.97. The summed E-state index contributed by atoms with van der Waals surface area (Å²) in [5.41, 5.74) is 1.19. The van der Waals surface area contributed by atoms with E-state index in [-0.39, 0.29) is 5.38 Å². The van der Waals surface area contributed by atoms with Crippen LogP contribution in [-0.4, -0.2) is 14.9 Å². The molecule has 15 heavy (non-hydrogen) atoms. The van der Waals surface area contributed by atoms with Crippen molar-refractivity contribution in [1.29, 1.82) is 0 Å². The lowest BCUT2D eigenvalue weighted by molar-refractivity contribution is 0.586. The van der Waals surface area contributed by atoms with Gasteiger partial charge >= 0.3 is 0 Å². The Morgan fingerprint density at radius 1 is 1.40 bits per heavy atom. The van der Waals surface area contributed by atoms with Crippen molar-refractivity contribution in [1.82, 2.24) is 9.55 Å². The molecule has 1 saturated carbocycles. The van der Waals surface area contributed by atoms with Crippen LogP contribution < -0.4 is 0 Å². The summed E-state index contributed by atoms with van der Waals surface area (Å²) >= 11 is 6.42. The van der Waals surface area contributed by atoms with Gasteiger partial charge in [0, 0.05) is 24.0 Å². The Labute approximate surface area is 96.7 Å². The van der Waals surface area contributed by atoms with Crippen molar-refractivity contribution in [2.24, 2.45) is 0 Å². The minimum Gasteiger partial charge on any atom is -0.337 e. The molecule has 2 unspecified atom stereocenters. The largest absolute Gasteiger partial charge is 0.337 e. The van der Waals surface area contributed by atoms with Crippen LogP contribution >= 0.6 is 11.6 Å². The summed E-state index contributed by atoms with van der Waals surface area (Å²) in [7, 11) is 0. The van der Waals surface area contributed by atoms with E-state index in [9.17, 15) is 0 Å². The average molecular weight is 227 g/mol. The monoisotopic (exact) mass is 226 g/mol. The van der Waals surface area contributed by atoms with Gasteiger partial charge in [-0.15, -0.1) is 11.6 Å². The summed E-state index contributed by atoms with van der Waals surface area (Å²) in [6.07, 6.45) is 10.3. The minimum absolute atomic E-state index is 0.285. The van der Waals surface area contributed by atoms with Crippen LogP contribution in [-0.2, 0) is 6.54 Å². The fourth-order valence-electron chi connectivity index (χ4n) is 2.34. The third kappa shape index (κ3) is 2.54. The van der Waals surface area contributed by atoms with E-state index in [1.165, 1.54) is 31.4 Å². The van der Waals surface area contributed by atoms with Crippen LogP contribution in [0.15, 0.2) is 12.5 Å². The van der Waals surface area contributed by atoms with Crippen LogP contribution in [0.4, 0.5) is 0 Å². The number of hydrogen-bond donors (Lipinski definition) is 0. The molecule has 1 fully saturated rings. The van der Waals surface area contributed by atoms with Gasteiger partial charge in [0.2, 0.25) is 0 Å². The molecule has 2 nitrogen and oxygen atoms in total. The topological polar surface area (TPSA) is 17.8 Å². The van der Waals surface area contributed by atoms with Crippen molar-refractivity contribution in [3.05, 3.63) is 18.2 Å². The number of aromatic nitrogens is 2. The van der Waals surface area contributed by atoms with Crippen LogP contribution in [0.1, 0.15) is 50.6 Å². The molecule has 0 spiro atoms. The summed E-state index contributed by atoms with van der Waals surface area (Å²) in [4.78, 5) is 4.48. The Balaban J connectivity index is 2.12. The zero-order valence-corrected chi connectivity index (χ0v) is 10.1. The molecular weight excluding hydrogens is 208 g/mol. The van der Waals surface area contributed by atoms with Crippen molar-refractivity contribution < 1.29 is 0 Å². The van der Waals surface area contributed by atoms with Crippen molar-refractivity contribution >= 4 is 11.6 Å². The van der Waals surface area contributed by atoms with Gasteiger partial charge in [-0.2, -0.15) is 0 Å². The number of alkyl halides is 1. The summed E-state index contributed by atoms with van der Waals surface area (Å²) in [5, 5.41) is 0.285. The predicted molar refractivity (Wildman–Crippen MR) is 63.4 cm³/mol. The van der Waals surface area contributed by atoms with E-state index >= 15 is 0 Å². The SMILES string of the molecule is CCn1cnc(C2CCCCCC2Cl)c1. The van der Waals surface area contributed by atoms with E-state index in [2.05, 4.69) is 22.7 Å². The molecule has 0 radical (unpaired) electrons. The second kappa shape index (κ2) is 5.02. The van der Waals surface area contributed by atoms with Crippen LogP contribution in [0.3, 0.4) is 0 Å². The van der Waals surface area contributed by atoms with E-state index in [0.29, 0.717) is 5.92 Å². The van der Waals surface area contributed by atoms with Gasteiger partial charge in [-0.3, -0.25) is 0 Å². The standard InChI is InChI=1S/C12H19ClN2/c1-2-15-8-12(14-9-15)10-6-4-3-5-7-11(10)13/h8-11H,2-7H2,1H3. The van der Waals surface area contributed by atoms with E-state index in [4.69, 9.17) is 11.6 Å². The summed E-state index contributed by atoms with van der Waals surface area (Å²) in [6.45, 7) is 3.13. The summed E-state index contributed by atoms with van der Waals surface area (Å²) in [6, 6.07) is 0. The molecule has 0 N–H and O–H groups in total. The molecule has 2 rings (SSSR count). The number of imidazole rings is 1. The lowest BCUT2D eigenvalue weighted by Crippen LogP contribution is -2.11. The maximum atomic E-state index is 6.42. The van der Waals surface area contributed by atoms with Gasteiger partial charge in [-0.05, 0) is 19.8 Å². The Morgan fingerprint density at radius 2 is 2.20 bits per heavy atom. The molecule has 84 valence electrons. The number of nitrogens with zero attached hydrogens (tertiary/aromatic N) is 2. The third-order valence-electron chi connectivity index (χ3n) is 3.33. The van der Waals surface area contributed by atoms with Crippen LogP contribution in [0, 0.1) is 0 Å². The number of aryl methyl sites for hydroxylation is 1. The number of hydrogen-bond acceptors (Lipinski definition) is 1. The van der Waals surface area contributed by atoms with Crippen LogP contribution in [0.25, 0.3) is 0 Å². The van der Waals surface area contributed by atoms with Crippen molar-refractivity contribution in [3.8, 4) is 0 Å². The Bertz CT molecular complexity index is 308. The number of halogens is 1. The fourth-order valence-corrected chi connectivity index (χ4v) is 2.75. The second-order valence-corrected chi connectivity index (χ2v) is 4.95. The molecule has 1 aromatic heterocycles. The minimum atomic E-state index is 0.285. The average Bonchev–Trinajstić information content (AvgIpc) is 2.62. The van der Waals surface area contributed by atoms with Gasteiger partial charge in [0.25, 0.3) is 0 Å². The smallest absolute Gasteiger partial charge is 0.0949 e. The van der Waals surface area contributed by atoms with Gasteiger partial charge in [-0.1, -0.05) is 19.3 Å². The predicted octanol–water partition coefficient (Wildman–Crippen LogP) is 3.56. The molecule has 1 aromatic rings. The molecule has 3 heteroatoms. The molecule has 1 heterocycles. The highest BCUT2D eigenvalue weighted by atomic mass is 35.5. The molecule has 1 aliphatic carbocycles. The van der Waals surface area contributed by atoms with Crippen LogP contribution in [0.5, 0.6) is 0 Å². The molecule has 0 amide bonds. The zero-order chi connectivity index (χ0) is 10.7. The maximum absolute atomic E-state index is 6.42. The normalized spacial score (nSPS) is 27.6. The molecule has 1 aliphatic rings. The lowest BCUT2D eigenvalue weighted by atomic mass is 9.97. The zero-order valence-electron chi connectivity index (χ0n) is 9.32. The number of rotatable bonds is 2. The molecular formula is C12H19ClN2. The van der Waals surface area contributed by atoms with E-state index in [1.807, 2.05) is 6.33 Å². The van der Waals surface area contributed by atoms with Gasteiger partial charge in [0.1, 0.15) is 0 Å². The van der Waals surface area contributed by atoms with Gasteiger partial charge < -0.3 is 4.57 Å². The lowest BCUT2D eigenvalue weighted by Gasteiger charge is -2.16. The quantitative estimate of drug-likeness (QED) is 0.557. The molecule has 0 bridgehead atoms. The summed E-state index contributed by atoms with van der Waals surface area (Å²) < 4.78 is 2.13. The highest BCUT2D eigenvalue weighted by Gasteiger charge is 2.24. The highest BCUT2D eigenvalue weighted by Crippen LogP contribution is 2.34. The van der Waals surface area contributed by atoms with Gasteiger partial charge in [-0.25, -0.2) is 4.98 Å². The van der Waals surface area contributed by atoms with Gasteiger partial charge in [0.15, 0.2) is 0 Å². The maximum Gasteiger partial charge on any atom is 0.0949 e. The molecule has 0 aromatic carbocycles.